The first-order valence-corrected chi connectivity index (χ1v) is 4.28. The van der Waals surface area contributed by atoms with Crippen LogP contribution in [0.5, 0.6) is 0 Å². The molecule has 0 saturated carbocycles. The minimum atomic E-state index is -4.75. The van der Waals surface area contributed by atoms with Crippen molar-refractivity contribution in [1.29, 1.82) is 0 Å². The summed E-state index contributed by atoms with van der Waals surface area (Å²) in [5.74, 6) is 0.292. The van der Waals surface area contributed by atoms with Crippen molar-refractivity contribution in [3.05, 3.63) is 0 Å². The van der Waals surface area contributed by atoms with Crippen LogP contribution in [0.4, 0.5) is 0 Å². The monoisotopic (exact) mass is 172 g/mol. The normalized spacial score (nSPS) is 11.9. The summed E-state index contributed by atoms with van der Waals surface area (Å²) in [6.07, 6.45) is 0.371. The molecular formula is C3H6ClO4P-2. The smallest absolute Gasteiger partial charge is 0.0596 e. The highest BCUT2D eigenvalue weighted by molar-refractivity contribution is 7.43. The Morgan fingerprint density at radius 1 is 1.56 bits per heavy atom. The minimum Gasteiger partial charge on any atom is -0.790 e. The average Bonchev–Trinajstić information content (AvgIpc) is 1.63. The van der Waals surface area contributed by atoms with Gasteiger partial charge in [-0.3, -0.25) is 0 Å². The third-order valence-electron chi connectivity index (χ3n) is 0.527. The SMILES string of the molecule is O=P([O-])([O-])OCCCCl. The second-order valence-corrected chi connectivity index (χ2v) is 2.85. The molecule has 56 valence electrons. The Hall–Kier alpha value is 0.400. The average molecular weight is 173 g/mol. The third kappa shape index (κ3) is 8.40. The van der Waals surface area contributed by atoms with Gasteiger partial charge in [0.25, 0.3) is 0 Å². The van der Waals surface area contributed by atoms with Crippen LogP contribution in [0.3, 0.4) is 0 Å². The number of hydrogen-bond acceptors (Lipinski definition) is 4. The van der Waals surface area contributed by atoms with Gasteiger partial charge in [0.15, 0.2) is 0 Å². The van der Waals surface area contributed by atoms with Gasteiger partial charge in [-0.1, -0.05) is 0 Å². The molecule has 0 N–H and O–H groups in total. The maximum atomic E-state index is 9.71. The van der Waals surface area contributed by atoms with E-state index in [-0.39, 0.29) is 6.61 Å². The summed E-state index contributed by atoms with van der Waals surface area (Å²) in [5.41, 5.74) is 0. The van der Waals surface area contributed by atoms with Crippen LogP contribution in [0.1, 0.15) is 6.42 Å². The van der Waals surface area contributed by atoms with Crippen LogP contribution < -0.4 is 9.79 Å². The van der Waals surface area contributed by atoms with Crippen molar-refractivity contribution in [2.24, 2.45) is 0 Å². The zero-order valence-corrected chi connectivity index (χ0v) is 6.23. The topological polar surface area (TPSA) is 72.4 Å². The Kier molecular flexibility index (Phi) is 4.44. The standard InChI is InChI=1S/C3H8ClO4P/c4-2-1-3-8-9(5,6)7/h1-3H2,(H2,5,6,7)/p-2. The molecule has 0 fully saturated rings. The number of rotatable bonds is 4. The first-order valence-electron chi connectivity index (χ1n) is 2.29. The van der Waals surface area contributed by atoms with Crippen molar-refractivity contribution in [3.8, 4) is 0 Å². The summed E-state index contributed by atoms with van der Waals surface area (Å²) in [6, 6.07) is 0. The summed E-state index contributed by atoms with van der Waals surface area (Å²) in [7, 11) is -4.75. The second-order valence-electron chi connectivity index (χ2n) is 1.32. The zero-order valence-electron chi connectivity index (χ0n) is 4.58. The molecule has 0 aromatic rings. The van der Waals surface area contributed by atoms with Crippen LogP contribution >= 0.6 is 19.4 Å². The van der Waals surface area contributed by atoms with Gasteiger partial charge < -0.3 is 18.9 Å². The molecule has 0 spiro atoms. The molecule has 0 atom stereocenters. The van der Waals surface area contributed by atoms with Crippen molar-refractivity contribution < 1.29 is 18.9 Å². The van der Waals surface area contributed by atoms with Crippen molar-refractivity contribution in [2.75, 3.05) is 12.5 Å². The maximum Gasteiger partial charge on any atom is 0.0596 e. The molecular weight excluding hydrogens is 166 g/mol. The highest BCUT2D eigenvalue weighted by Crippen LogP contribution is 2.24. The van der Waals surface area contributed by atoms with Crippen LogP contribution in [0.15, 0.2) is 0 Å². The van der Waals surface area contributed by atoms with E-state index in [0.29, 0.717) is 12.3 Å². The van der Waals surface area contributed by atoms with Crippen molar-refractivity contribution in [3.63, 3.8) is 0 Å². The van der Waals surface area contributed by atoms with Gasteiger partial charge >= 0.3 is 0 Å². The van der Waals surface area contributed by atoms with Crippen molar-refractivity contribution >= 4 is 19.4 Å². The third-order valence-corrected chi connectivity index (χ3v) is 1.29. The van der Waals surface area contributed by atoms with Gasteiger partial charge in [0.1, 0.15) is 0 Å². The Morgan fingerprint density at radius 2 is 2.11 bits per heavy atom. The van der Waals surface area contributed by atoms with Crippen molar-refractivity contribution in [1.82, 2.24) is 0 Å². The summed E-state index contributed by atoms with van der Waals surface area (Å²) in [5, 5.41) is 0. The molecule has 0 rings (SSSR count). The van der Waals surface area contributed by atoms with Crippen LogP contribution in [0.2, 0.25) is 0 Å². The van der Waals surface area contributed by atoms with Gasteiger partial charge in [-0.15, -0.1) is 11.6 Å². The van der Waals surface area contributed by atoms with E-state index >= 15 is 0 Å². The van der Waals surface area contributed by atoms with Gasteiger partial charge in [-0.2, -0.15) is 0 Å². The van der Waals surface area contributed by atoms with E-state index in [9.17, 15) is 14.4 Å². The first-order chi connectivity index (χ1) is 4.06. The molecule has 0 aromatic carbocycles. The van der Waals surface area contributed by atoms with Gasteiger partial charge in [-0.05, 0) is 6.42 Å². The van der Waals surface area contributed by atoms with E-state index in [4.69, 9.17) is 11.6 Å². The predicted molar refractivity (Wildman–Crippen MR) is 28.9 cm³/mol. The van der Waals surface area contributed by atoms with E-state index in [0.717, 1.165) is 0 Å². The minimum absolute atomic E-state index is 0.117. The maximum absolute atomic E-state index is 9.71. The van der Waals surface area contributed by atoms with Crippen LogP contribution in [-0.2, 0) is 9.09 Å². The lowest BCUT2D eigenvalue weighted by atomic mass is 10.5. The molecule has 0 heterocycles. The molecule has 0 bridgehead atoms. The Bertz CT molecular complexity index is 110. The molecule has 0 aliphatic heterocycles. The molecule has 0 aliphatic carbocycles. The fourth-order valence-electron chi connectivity index (χ4n) is 0.231. The number of halogens is 1. The Labute approximate surface area is 58.0 Å². The van der Waals surface area contributed by atoms with Crippen molar-refractivity contribution in [2.45, 2.75) is 6.42 Å². The summed E-state index contributed by atoms with van der Waals surface area (Å²) in [6.45, 7) is -0.117. The molecule has 0 aliphatic rings. The van der Waals surface area contributed by atoms with E-state index in [1.165, 1.54) is 0 Å². The largest absolute Gasteiger partial charge is 0.790 e. The van der Waals surface area contributed by atoms with E-state index in [1.54, 1.807) is 0 Å². The van der Waals surface area contributed by atoms with E-state index in [1.807, 2.05) is 0 Å². The van der Waals surface area contributed by atoms with Gasteiger partial charge in [0.05, 0.1) is 14.4 Å². The van der Waals surface area contributed by atoms with Gasteiger partial charge in [0, 0.05) is 5.88 Å². The molecule has 6 heteroatoms. The fourth-order valence-corrected chi connectivity index (χ4v) is 0.693. The zero-order chi connectivity index (χ0) is 7.33. The summed E-state index contributed by atoms with van der Waals surface area (Å²) < 4.78 is 13.5. The lowest BCUT2D eigenvalue weighted by Gasteiger charge is -2.28. The highest BCUT2D eigenvalue weighted by Gasteiger charge is 1.88. The first kappa shape index (κ1) is 9.40. The van der Waals surface area contributed by atoms with Crippen LogP contribution in [0.25, 0.3) is 0 Å². The number of hydrogen-bond donors (Lipinski definition) is 0. The molecule has 0 saturated heterocycles. The van der Waals surface area contributed by atoms with Gasteiger partial charge in [-0.25, -0.2) is 0 Å². The van der Waals surface area contributed by atoms with E-state index < -0.39 is 7.82 Å². The molecule has 0 radical (unpaired) electrons. The lowest BCUT2D eigenvalue weighted by molar-refractivity contribution is -0.341. The Balaban J connectivity index is 3.18. The highest BCUT2D eigenvalue weighted by atomic mass is 35.5. The molecule has 0 unspecified atom stereocenters. The lowest BCUT2D eigenvalue weighted by Crippen LogP contribution is -2.16. The predicted octanol–water partition coefficient (Wildman–Crippen LogP) is -0.539. The Morgan fingerprint density at radius 3 is 2.44 bits per heavy atom. The second kappa shape index (κ2) is 4.25. The number of phosphoric ester groups is 1. The quantitative estimate of drug-likeness (QED) is 0.324. The molecule has 4 nitrogen and oxygen atoms in total. The molecule has 9 heavy (non-hydrogen) atoms. The van der Waals surface area contributed by atoms with Gasteiger partial charge in [0.2, 0.25) is 0 Å². The number of phosphoric acid groups is 1. The van der Waals surface area contributed by atoms with Crippen LogP contribution in [0, 0.1) is 0 Å². The fraction of sp³-hybridized carbons (Fsp3) is 1.00. The van der Waals surface area contributed by atoms with Crippen LogP contribution in [-0.4, -0.2) is 12.5 Å². The summed E-state index contributed by atoms with van der Waals surface area (Å²) >= 11 is 5.16. The molecule has 0 aromatic heterocycles. The molecule has 0 amide bonds. The number of alkyl halides is 1. The summed E-state index contributed by atoms with van der Waals surface area (Å²) in [4.78, 5) is 19.4. The van der Waals surface area contributed by atoms with E-state index in [2.05, 4.69) is 4.52 Å².